The number of nitrogens with one attached hydrogen (secondary N) is 2. The lowest BCUT2D eigenvalue weighted by molar-refractivity contribution is -0.384. The Kier molecular flexibility index (Phi) is 5.74. The quantitative estimate of drug-likeness (QED) is 0.217. The van der Waals surface area contributed by atoms with Crippen LogP contribution in [0.5, 0.6) is 5.75 Å². The van der Waals surface area contributed by atoms with Crippen LogP contribution in [-0.2, 0) is 0 Å². The normalized spacial score (nSPS) is 10.7. The predicted molar refractivity (Wildman–Crippen MR) is 103 cm³/mol. The number of ether oxygens (including phenoxy) is 1. The average molecular weight is 393 g/mol. The molecule has 1 heterocycles. The fraction of sp³-hybridized carbons (Fsp3) is 0.0526. The first kappa shape index (κ1) is 19.4. The maximum Gasteiger partial charge on any atom is 0.343 e. The minimum absolute atomic E-state index is 0.111. The number of aromatic amines is 1. The smallest absolute Gasteiger partial charge is 0.343 e. The summed E-state index contributed by atoms with van der Waals surface area (Å²) in [6, 6.07) is 13.1. The molecule has 146 valence electrons. The van der Waals surface area contributed by atoms with Crippen molar-refractivity contribution < 1.29 is 19.2 Å². The number of carbonyl (C=O) groups is 2. The number of H-pyrrole nitrogens is 1. The summed E-state index contributed by atoms with van der Waals surface area (Å²) < 4.78 is 5.22. The number of benzene rings is 2. The van der Waals surface area contributed by atoms with Gasteiger partial charge in [0.05, 0.1) is 16.7 Å². The van der Waals surface area contributed by atoms with Crippen molar-refractivity contribution in [1.82, 2.24) is 15.6 Å². The lowest BCUT2D eigenvalue weighted by Gasteiger charge is -2.04. The molecule has 10 heteroatoms. The van der Waals surface area contributed by atoms with Crippen LogP contribution in [0.1, 0.15) is 32.1 Å². The van der Waals surface area contributed by atoms with Gasteiger partial charge in [-0.15, -0.1) is 0 Å². The van der Waals surface area contributed by atoms with Crippen LogP contribution in [-0.4, -0.2) is 33.2 Å². The lowest BCUT2D eigenvalue weighted by Crippen LogP contribution is -2.18. The maximum atomic E-state index is 12.1. The molecule has 2 N–H and O–H groups in total. The lowest BCUT2D eigenvalue weighted by atomic mass is 10.2. The van der Waals surface area contributed by atoms with E-state index >= 15 is 0 Å². The second kappa shape index (κ2) is 8.57. The largest absolute Gasteiger partial charge is 0.423 e. The van der Waals surface area contributed by atoms with Gasteiger partial charge in [0.15, 0.2) is 5.69 Å². The summed E-state index contributed by atoms with van der Waals surface area (Å²) >= 11 is 0. The molecule has 29 heavy (non-hydrogen) atoms. The zero-order valence-electron chi connectivity index (χ0n) is 15.2. The number of aromatic nitrogens is 2. The Morgan fingerprint density at radius 1 is 1.17 bits per heavy atom. The Hall–Kier alpha value is -4.34. The Morgan fingerprint density at radius 3 is 2.45 bits per heavy atom. The third-order valence-electron chi connectivity index (χ3n) is 3.72. The number of hydrogen-bond acceptors (Lipinski definition) is 7. The Bertz CT molecular complexity index is 1070. The van der Waals surface area contributed by atoms with Gasteiger partial charge in [-0.2, -0.15) is 10.2 Å². The van der Waals surface area contributed by atoms with Crippen molar-refractivity contribution >= 4 is 23.8 Å². The highest BCUT2D eigenvalue weighted by Crippen LogP contribution is 2.16. The van der Waals surface area contributed by atoms with Gasteiger partial charge in [0.1, 0.15) is 5.75 Å². The molecule has 0 atom stereocenters. The number of esters is 1. The molecule has 0 spiro atoms. The molecule has 3 aromatic rings. The summed E-state index contributed by atoms with van der Waals surface area (Å²) in [7, 11) is 0. The number of amides is 1. The first-order valence-corrected chi connectivity index (χ1v) is 8.34. The van der Waals surface area contributed by atoms with Gasteiger partial charge in [0.2, 0.25) is 0 Å². The van der Waals surface area contributed by atoms with E-state index in [0.717, 1.165) is 5.69 Å². The molecule has 2 aromatic carbocycles. The van der Waals surface area contributed by atoms with Gasteiger partial charge >= 0.3 is 5.97 Å². The van der Waals surface area contributed by atoms with Crippen LogP contribution in [0.2, 0.25) is 0 Å². The van der Waals surface area contributed by atoms with Gasteiger partial charge in [0, 0.05) is 17.8 Å². The molecule has 10 nitrogen and oxygen atoms in total. The second-order valence-corrected chi connectivity index (χ2v) is 5.90. The molecule has 1 aromatic heterocycles. The van der Waals surface area contributed by atoms with Crippen molar-refractivity contribution in [2.75, 3.05) is 0 Å². The third kappa shape index (κ3) is 5.10. The first-order chi connectivity index (χ1) is 13.9. The second-order valence-electron chi connectivity index (χ2n) is 5.90. The molecule has 0 aliphatic heterocycles. The van der Waals surface area contributed by atoms with Crippen molar-refractivity contribution in [2.45, 2.75) is 6.92 Å². The topological polar surface area (TPSA) is 140 Å². The van der Waals surface area contributed by atoms with Crippen LogP contribution in [0, 0.1) is 17.0 Å². The van der Waals surface area contributed by atoms with Crippen LogP contribution in [0.3, 0.4) is 0 Å². The number of nitro benzene ring substituents is 1. The number of hydrazone groups is 1. The monoisotopic (exact) mass is 393 g/mol. The van der Waals surface area contributed by atoms with Gasteiger partial charge in [-0.1, -0.05) is 0 Å². The van der Waals surface area contributed by atoms with E-state index in [1.165, 1.54) is 30.5 Å². The predicted octanol–water partition coefficient (Wildman–Crippen LogP) is 2.61. The fourth-order valence-corrected chi connectivity index (χ4v) is 2.26. The zero-order valence-corrected chi connectivity index (χ0v) is 15.2. The molecule has 0 radical (unpaired) electrons. The van der Waals surface area contributed by atoms with E-state index in [4.69, 9.17) is 4.74 Å². The van der Waals surface area contributed by atoms with Gasteiger partial charge in [-0.25, -0.2) is 10.2 Å². The molecule has 0 aliphatic carbocycles. The average Bonchev–Trinajstić information content (AvgIpc) is 3.15. The Morgan fingerprint density at radius 2 is 1.86 bits per heavy atom. The minimum atomic E-state index is -0.636. The van der Waals surface area contributed by atoms with E-state index in [-0.39, 0.29) is 16.9 Å². The molecule has 1 amide bonds. The number of nitro groups is 1. The van der Waals surface area contributed by atoms with E-state index in [1.807, 2.05) is 0 Å². The number of rotatable bonds is 6. The van der Waals surface area contributed by atoms with E-state index < -0.39 is 16.8 Å². The Labute approximate surface area is 164 Å². The summed E-state index contributed by atoms with van der Waals surface area (Å²) in [5.74, 6) is -0.788. The van der Waals surface area contributed by atoms with Gasteiger partial charge in [0.25, 0.3) is 11.6 Å². The van der Waals surface area contributed by atoms with E-state index in [9.17, 15) is 19.7 Å². The Balaban J connectivity index is 1.56. The fourth-order valence-electron chi connectivity index (χ4n) is 2.26. The number of hydrogen-bond donors (Lipinski definition) is 2. The molecular formula is C19H15N5O5. The summed E-state index contributed by atoms with van der Waals surface area (Å²) in [6.45, 7) is 1.78. The highest BCUT2D eigenvalue weighted by molar-refractivity contribution is 5.93. The number of carbonyl (C=O) groups excluding carboxylic acids is 2. The van der Waals surface area contributed by atoms with Crippen LogP contribution in [0.25, 0.3) is 0 Å². The van der Waals surface area contributed by atoms with Crippen LogP contribution in [0.4, 0.5) is 5.69 Å². The van der Waals surface area contributed by atoms with E-state index in [1.54, 1.807) is 37.3 Å². The van der Waals surface area contributed by atoms with Crippen molar-refractivity contribution in [3.05, 3.63) is 87.2 Å². The molecular weight excluding hydrogens is 378 g/mol. The molecule has 0 saturated heterocycles. The van der Waals surface area contributed by atoms with Crippen LogP contribution >= 0.6 is 0 Å². The number of non-ortho nitro benzene ring substituents is 1. The van der Waals surface area contributed by atoms with Crippen molar-refractivity contribution in [3.63, 3.8) is 0 Å². The number of nitrogens with zero attached hydrogens (tertiary/aromatic N) is 3. The SMILES string of the molecule is Cc1cc(C(=O)NN=Cc2ccc(OC(=O)c3ccc([N+](=O)[O-])cc3)cc2)n[nH]1. The maximum absolute atomic E-state index is 12.1. The minimum Gasteiger partial charge on any atom is -0.423 e. The molecule has 0 unspecified atom stereocenters. The van der Waals surface area contributed by atoms with E-state index in [2.05, 4.69) is 20.7 Å². The molecule has 0 aliphatic rings. The summed E-state index contributed by atoms with van der Waals surface area (Å²) in [5, 5.41) is 21.0. The van der Waals surface area contributed by atoms with Crippen LogP contribution < -0.4 is 10.2 Å². The number of aryl methyl sites for hydroxylation is 1. The molecule has 0 bridgehead atoms. The molecule has 0 saturated carbocycles. The highest BCUT2D eigenvalue weighted by atomic mass is 16.6. The first-order valence-electron chi connectivity index (χ1n) is 8.34. The summed E-state index contributed by atoms with van der Waals surface area (Å²) in [6.07, 6.45) is 1.43. The van der Waals surface area contributed by atoms with Gasteiger partial charge < -0.3 is 4.74 Å². The zero-order chi connectivity index (χ0) is 20.8. The van der Waals surface area contributed by atoms with Crippen molar-refractivity contribution in [3.8, 4) is 5.75 Å². The standard InChI is InChI=1S/C19H15N5O5/c1-12-10-17(22-21-12)18(25)23-20-11-13-2-8-16(9-3-13)29-19(26)14-4-6-15(7-5-14)24(27)28/h2-11H,1H3,(H,21,22)(H,23,25). The molecule has 3 rings (SSSR count). The third-order valence-corrected chi connectivity index (χ3v) is 3.72. The van der Waals surface area contributed by atoms with Gasteiger partial charge in [-0.3, -0.25) is 20.0 Å². The molecule has 0 fully saturated rings. The summed E-state index contributed by atoms with van der Waals surface area (Å²) in [5.41, 5.74) is 4.09. The van der Waals surface area contributed by atoms with Gasteiger partial charge in [-0.05, 0) is 55.0 Å². The summed E-state index contributed by atoms with van der Waals surface area (Å²) in [4.78, 5) is 34.0. The van der Waals surface area contributed by atoms with Crippen molar-refractivity contribution in [2.24, 2.45) is 5.10 Å². The van der Waals surface area contributed by atoms with E-state index in [0.29, 0.717) is 11.3 Å². The van der Waals surface area contributed by atoms with Crippen molar-refractivity contribution in [1.29, 1.82) is 0 Å². The highest BCUT2D eigenvalue weighted by Gasteiger charge is 2.11. The van der Waals surface area contributed by atoms with Crippen LogP contribution in [0.15, 0.2) is 59.7 Å².